The van der Waals surface area contributed by atoms with Crippen molar-refractivity contribution < 1.29 is 33.5 Å². The molecule has 0 spiro atoms. The van der Waals surface area contributed by atoms with Gasteiger partial charge in [-0.05, 0) is 19.3 Å². The summed E-state index contributed by atoms with van der Waals surface area (Å²) in [5.74, 6) is -1.96. The van der Waals surface area contributed by atoms with Gasteiger partial charge >= 0.3 is 5.97 Å². The molecule has 1 saturated heterocycles. The molecule has 10 heteroatoms. The topological polar surface area (TPSA) is 131 Å². The summed E-state index contributed by atoms with van der Waals surface area (Å²) in [7, 11) is 3.09. The van der Waals surface area contributed by atoms with Crippen molar-refractivity contribution >= 4 is 29.6 Å². The number of hydroxylamine groups is 2. The second kappa shape index (κ2) is 12.0. The first-order chi connectivity index (χ1) is 12.9. The highest BCUT2D eigenvalue weighted by Gasteiger charge is 2.32. The Hall–Kier alpha value is -2.49. The summed E-state index contributed by atoms with van der Waals surface area (Å²) in [5.41, 5.74) is 0. The zero-order valence-corrected chi connectivity index (χ0v) is 15.7. The number of ether oxygens (including phenoxy) is 1. The zero-order chi connectivity index (χ0) is 20.2. The van der Waals surface area contributed by atoms with Crippen molar-refractivity contribution in [2.45, 2.75) is 57.5 Å². The van der Waals surface area contributed by atoms with E-state index in [1.54, 1.807) is 14.1 Å². The number of carbonyl (C=O) groups excluding carboxylic acids is 5. The van der Waals surface area contributed by atoms with Gasteiger partial charge in [0.2, 0.25) is 11.8 Å². The highest BCUT2D eigenvalue weighted by Crippen LogP contribution is 2.14. The summed E-state index contributed by atoms with van der Waals surface area (Å²) in [6.45, 7) is 0.225. The number of hydrogen-bond donors (Lipinski definition) is 2. The molecule has 1 rings (SSSR count). The Morgan fingerprint density at radius 3 is 1.96 bits per heavy atom. The van der Waals surface area contributed by atoms with Crippen molar-refractivity contribution in [3.05, 3.63) is 0 Å². The third kappa shape index (κ3) is 8.63. The van der Waals surface area contributed by atoms with Crippen molar-refractivity contribution in [1.82, 2.24) is 15.7 Å². The molecule has 1 aliphatic rings. The molecule has 152 valence electrons. The smallest absolute Gasteiger partial charge is 0.333 e. The number of nitrogens with one attached hydrogen (secondary N) is 2. The molecular weight excluding hydrogens is 358 g/mol. The number of rotatable bonds is 12. The molecule has 0 aromatic heterocycles. The molecule has 0 atom stereocenters. The normalized spacial score (nSPS) is 13.8. The summed E-state index contributed by atoms with van der Waals surface area (Å²) in [6, 6.07) is 0. The first kappa shape index (κ1) is 22.6. The van der Waals surface area contributed by atoms with Gasteiger partial charge in [0.25, 0.3) is 11.8 Å². The second-order valence-corrected chi connectivity index (χ2v) is 6.07. The van der Waals surface area contributed by atoms with E-state index in [-0.39, 0.29) is 56.6 Å². The first-order valence-corrected chi connectivity index (χ1v) is 8.96. The summed E-state index contributed by atoms with van der Waals surface area (Å²) >= 11 is 0. The summed E-state index contributed by atoms with van der Waals surface area (Å²) in [5, 5.41) is 5.56. The fourth-order valence-corrected chi connectivity index (χ4v) is 2.42. The Morgan fingerprint density at radius 2 is 1.48 bits per heavy atom. The largest absolute Gasteiger partial charge is 0.378 e. The molecular formula is C17H27N3O7. The van der Waals surface area contributed by atoms with Gasteiger partial charge in [-0.15, -0.1) is 5.06 Å². The van der Waals surface area contributed by atoms with Crippen LogP contribution in [-0.4, -0.2) is 61.5 Å². The Bertz CT molecular complexity index is 529. The number of amides is 4. The summed E-state index contributed by atoms with van der Waals surface area (Å²) in [4.78, 5) is 62.0. The molecule has 27 heavy (non-hydrogen) atoms. The van der Waals surface area contributed by atoms with Crippen LogP contribution in [0.3, 0.4) is 0 Å². The van der Waals surface area contributed by atoms with Gasteiger partial charge in [0.15, 0.2) is 0 Å². The molecule has 4 amide bonds. The van der Waals surface area contributed by atoms with Crippen LogP contribution in [0, 0.1) is 0 Å². The van der Waals surface area contributed by atoms with Crippen LogP contribution in [0.15, 0.2) is 0 Å². The van der Waals surface area contributed by atoms with E-state index in [4.69, 9.17) is 9.57 Å². The summed E-state index contributed by atoms with van der Waals surface area (Å²) < 4.78 is 5.68. The number of carbonyl (C=O) groups is 5. The second-order valence-electron chi connectivity index (χ2n) is 6.07. The van der Waals surface area contributed by atoms with Crippen LogP contribution < -0.4 is 10.6 Å². The van der Waals surface area contributed by atoms with E-state index < -0.39 is 17.8 Å². The zero-order valence-electron chi connectivity index (χ0n) is 15.7. The number of hydrogen-bond acceptors (Lipinski definition) is 7. The Morgan fingerprint density at radius 1 is 0.963 bits per heavy atom. The van der Waals surface area contributed by atoms with E-state index in [2.05, 4.69) is 10.6 Å². The Balaban J connectivity index is 2.32. The lowest BCUT2D eigenvalue weighted by atomic mass is 10.1. The van der Waals surface area contributed by atoms with Gasteiger partial charge in [-0.3, -0.25) is 19.2 Å². The molecule has 0 unspecified atom stereocenters. The molecule has 1 aliphatic heterocycles. The Labute approximate surface area is 157 Å². The van der Waals surface area contributed by atoms with Crippen LogP contribution in [0.2, 0.25) is 0 Å². The van der Waals surface area contributed by atoms with Crippen molar-refractivity contribution in [3.63, 3.8) is 0 Å². The lowest BCUT2D eigenvalue weighted by Crippen LogP contribution is -2.32. The lowest BCUT2D eigenvalue weighted by molar-refractivity contribution is -0.197. The molecule has 0 aromatic rings. The predicted octanol–water partition coefficient (Wildman–Crippen LogP) is -0.189. The quantitative estimate of drug-likeness (QED) is 0.352. The SMILES string of the molecule is CNC(=O)CCC(CCC(=O)NC)OCCCC(=O)ON1C(=O)CCC1=O. The monoisotopic (exact) mass is 385 g/mol. The van der Waals surface area contributed by atoms with Crippen LogP contribution >= 0.6 is 0 Å². The molecule has 0 aromatic carbocycles. The summed E-state index contributed by atoms with van der Waals surface area (Å²) in [6.07, 6.45) is 1.57. The molecule has 0 radical (unpaired) electrons. The Kier molecular flexibility index (Phi) is 10.0. The van der Waals surface area contributed by atoms with Gasteiger partial charge < -0.3 is 20.2 Å². The van der Waals surface area contributed by atoms with Crippen molar-refractivity contribution in [1.29, 1.82) is 0 Å². The van der Waals surface area contributed by atoms with Crippen LogP contribution in [0.1, 0.15) is 51.4 Å². The van der Waals surface area contributed by atoms with E-state index >= 15 is 0 Å². The standard InChI is InChI=1S/C17H27N3O7/c1-18-13(21)7-5-12(6-8-14(22)19-2)26-11-3-4-17(25)27-20-15(23)9-10-16(20)24/h12H,3-11H2,1-2H3,(H,18,21)(H,19,22). The van der Waals surface area contributed by atoms with Gasteiger partial charge in [-0.1, -0.05) is 0 Å². The van der Waals surface area contributed by atoms with Crippen molar-refractivity contribution in [2.75, 3.05) is 20.7 Å². The van der Waals surface area contributed by atoms with Gasteiger partial charge in [-0.2, -0.15) is 0 Å². The predicted molar refractivity (Wildman–Crippen MR) is 92.8 cm³/mol. The molecule has 10 nitrogen and oxygen atoms in total. The number of imide groups is 1. The third-order valence-electron chi connectivity index (χ3n) is 4.02. The minimum absolute atomic E-state index is 0.0192. The average molecular weight is 385 g/mol. The molecule has 1 heterocycles. The maximum Gasteiger partial charge on any atom is 0.333 e. The van der Waals surface area contributed by atoms with Crippen LogP contribution in [0.25, 0.3) is 0 Å². The molecule has 0 bridgehead atoms. The maximum absolute atomic E-state index is 11.7. The van der Waals surface area contributed by atoms with Crippen molar-refractivity contribution in [3.8, 4) is 0 Å². The minimum atomic E-state index is -0.686. The van der Waals surface area contributed by atoms with Crippen LogP contribution in [0.4, 0.5) is 0 Å². The van der Waals surface area contributed by atoms with E-state index in [0.29, 0.717) is 24.3 Å². The molecule has 2 N–H and O–H groups in total. The van der Waals surface area contributed by atoms with Crippen LogP contribution in [0.5, 0.6) is 0 Å². The lowest BCUT2D eigenvalue weighted by Gasteiger charge is -2.17. The fraction of sp³-hybridized carbons (Fsp3) is 0.706. The van der Waals surface area contributed by atoms with Gasteiger partial charge in [0.1, 0.15) is 0 Å². The number of nitrogens with zero attached hydrogens (tertiary/aromatic N) is 1. The molecule has 1 fully saturated rings. The van der Waals surface area contributed by atoms with Crippen molar-refractivity contribution in [2.24, 2.45) is 0 Å². The van der Waals surface area contributed by atoms with Gasteiger partial charge in [0.05, 0.1) is 12.5 Å². The van der Waals surface area contributed by atoms with Gasteiger partial charge in [0, 0.05) is 46.4 Å². The average Bonchev–Trinajstić information content (AvgIpc) is 2.97. The van der Waals surface area contributed by atoms with Gasteiger partial charge in [-0.25, -0.2) is 4.79 Å². The van der Waals surface area contributed by atoms with E-state index in [1.807, 2.05) is 0 Å². The van der Waals surface area contributed by atoms with E-state index in [1.165, 1.54) is 0 Å². The van der Waals surface area contributed by atoms with E-state index in [0.717, 1.165) is 0 Å². The highest BCUT2D eigenvalue weighted by molar-refractivity contribution is 6.01. The third-order valence-corrected chi connectivity index (χ3v) is 4.02. The highest BCUT2D eigenvalue weighted by atomic mass is 16.7. The minimum Gasteiger partial charge on any atom is -0.378 e. The molecule has 0 saturated carbocycles. The van der Waals surface area contributed by atoms with Crippen LogP contribution in [-0.2, 0) is 33.5 Å². The fourth-order valence-electron chi connectivity index (χ4n) is 2.42. The first-order valence-electron chi connectivity index (χ1n) is 8.96. The maximum atomic E-state index is 11.7. The van der Waals surface area contributed by atoms with E-state index in [9.17, 15) is 24.0 Å². The molecule has 0 aliphatic carbocycles.